The first-order chi connectivity index (χ1) is 6.20. The maximum absolute atomic E-state index is 10.5. The fraction of sp³-hybridized carbons (Fsp3) is 0.333. The molecule has 0 spiro atoms. The van der Waals surface area contributed by atoms with E-state index < -0.39 is 13.8 Å². The lowest BCUT2D eigenvalue weighted by atomic mass is 10.1. The van der Waals surface area contributed by atoms with E-state index in [9.17, 15) is 4.57 Å². The van der Waals surface area contributed by atoms with Crippen molar-refractivity contribution in [2.75, 3.05) is 0 Å². The molecule has 1 aromatic carbocycles. The highest BCUT2D eigenvalue weighted by molar-refractivity contribution is 7.38. The minimum Gasteiger partial charge on any atom is -0.285 e. The summed E-state index contributed by atoms with van der Waals surface area (Å²) in [6, 6.07) is 9.80. The molecule has 0 aliphatic rings. The van der Waals surface area contributed by atoms with Crippen molar-refractivity contribution in [3.8, 4) is 0 Å². The van der Waals surface area contributed by atoms with Crippen molar-refractivity contribution in [3.05, 3.63) is 35.9 Å². The third kappa shape index (κ3) is 3.64. The van der Waals surface area contributed by atoms with Gasteiger partial charge >= 0.3 is 8.03 Å². The molecule has 0 radical (unpaired) electrons. The first-order valence-electron chi connectivity index (χ1n) is 4.15. The summed E-state index contributed by atoms with van der Waals surface area (Å²) in [5, 5.41) is 0. The van der Waals surface area contributed by atoms with Crippen LogP contribution in [-0.4, -0.2) is 10.7 Å². The molecule has 0 amide bonds. The number of rotatable bonds is 4. The van der Waals surface area contributed by atoms with E-state index in [1.165, 1.54) is 0 Å². The molecule has 0 aliphatic carbocycles. The van der Waals surface area contributed by atoms with Crippen molar-refractivity contribution in [1.29, 1.82) is 0 Å². The minimum atomic E-state index is -2.23. The van der Waals surface area contributed by atoms with E-state index >= 15 is 0 Å². The number of hydrogen-bond acceptors (Lipinski definition) is 2. The number of nitrogens with two attached hydrogens (primary N) is 1. The highest BCUT2D eigenvalue weighted by Gasteiger charge is 2.22. The predicted octanol–water partition coefficient (Wildman–Crippen LogP) is 1.64. The molecule has 2 unspecified atom stereocenters. The summed E-state index contributed by atoms with van der Waals surface area (Å²) in [5.41, 5.74) is 6.58. The third-order valence-electron chi connectivity index (χ3n) is 1.86. The molecule has 0 aliphatic heterocycles. The van der Waals surface area contributed by atoms with Crippen LogP contribution in [0.2, 0.25) is 0 Å². The van der Waals surface area contributed by atoms with Crippen molar-refractivity contribution in [3.63, 3.8) is 0 Å². The first-order valence-corrected chi connectivity index (χ1v) is 5.43. The number of aryl methyl sites for hydroxylation is 1. The number of benzene rings is 1. The first kappa shape index (κ1) is 10.3. The summed E-state index contributed by atoms with van der Waals surface area (Å²) in [7, 11) is -2.23. The largest absolute Gasteiger partial charge is 0.524 e. The van der Waals surface area contributed by atoms with Crippen LogP contribution in [0.15, 0.2) is 30.3 Å². The van der Waals surface area contributed by atoms with Gasteiger partial charge in [-0.15, -0.1) is 0 Å². The van der Waals surface area contributed by atoms with Crippen LogP contribution >= 0.6 is 8.03 Å². The Bertz CT molecular complexity index is 276. The maximum Gasteiger partial charge on any atom is 0.524 e. The van der Waals surface area contributed by atoms with Gasteiger partial charge in [-0.2, -0.15) is 4.89 Å². The Balaban J connectivity index is 2.39. The Morgan fingerprint density at radius 1 is 1.38 bits per heavy atom. The van der Waals surface area contributed by atoms with Gasteiger partial charge in [0.25, 0.3) is 0 Å². The second-order valence-electron chi connectivity index (χ2n) is 2.89. The lowest BCUT2D eigenvalue weighted by Crippen LogP contribution is -2.15. The van der Waals surface area contributed by atoms with E-state index in [2.05, 4.69) is 0 Å². The highest BCUT2D eigenvalue weighted by Crippen LogP contribution is 2.21. The van der Waals surface area contributed by atoms with Crippen LogP contribution in [0, 0.1) is 0 Å². The average molecular weight is 198 g/mol. The van der Waals surface area contributed by atoms with Gasteiger partial charge in [-0.05, 0) is 16.5 Å². The lowest BCUT2D eigenvalue weighted by molar-refractivity contribution is 0.485. The monoisotopic (exact) mass is 198 g/mol. The van der Waals surface area contributed by atoms with E-state index in [1.54, 1.807) is 0 Å². The summed E-state index contributed by atoms with van der Waals surface area (Å²) in [5.74, 6) is -0.602. The van der Waals surface area contributed by atoms with E-state index in [0.717, 1.165) is 12.0 Å². The molecule has 3 nitrogen and oxygen atoms in total. The second kappa shape index (κ2) is 5.07. The molecule has 0 aromatic heterocycles. The van der Waals surface area contributed by atoms with E-state index in [0.29, 0.717) is 6.42 Å². The standard InChI is InChI=1S/C9H12NO2P/c10-9(13(11)12)7-6-8-4-2-1-3-5-8/h1-5,9H,6-7,10H2/p+1. The zero-order valence-electron chi connectivity index (χ0n) is 7.26. The Kier molecular flexibility index (Phi) is 4.03. The van der Waals surface area contributed by atoms with Crippen LogP contribution in [0.4, 0.5) is 0 Å². The predicted molar refractivity (Wildman–Crippen MR) is 52.6 cm³/mol. The quantitative estimate of drug-likeness (QED) is 0.723. The maximum atomic E-state index is 10.5. The zero-order valence-corrected chi connectivity index (χ0v) is 8.15. The fourth-order valence-corrected chi connectivity index (χ4v) is 1.42. The van der Waals surface area contributed by atoms with Crippen molar-refractivity contribution in [2.24, 2.45) is 5.73 Å². The zero-order chi connectivity index (χ0) is 9.68. The lowest BCUT2D eigenvalue weighted by Gasteiger charge is -1.99. The van der Waals surface area contributed by atoms with Crippen LogP contribution in [-0.2, 0) is 11.0 Å². The molecule has 3 N–H and O–H groups in total. The van der Waals surface area contributed by atoms with Gasteiger partial charge < -0.3 is 0 Å². The molecule has 0 bridgehead atoms. The van der Waals surface area contributed by atoms with Crippen molar-refractivity contribution in [2.45, 2.75) is 18.6 Å². The number of hydrogen-bond donors (Lipinski definition) is 2. The van der Waals surface area contributed by atoms with Crippen LogP contribution in [0.1, 0.15) is 12.0 Å². The smallest absolute Gasteiger partial charge is 0.285 e. The van der Waals surface area contributed by atoms with Crippen LogP contribution in [0.5, 0.6) is 0 Å². The Morgan fingerprint density at radius 3 is 2.54 bits per heavy atom. The van der Waals surface area contributed by atoms with Crippen molar-refractivity contribution >= 4 is 8.03 Å². The van der Waals surface area contributed by atoms with Crippen LogP contribution < -0.4 is 5.73 Å². The SMILES string of the molecule is NC(CCc1ccccc1)[P+](=O)O. The summed E-state index contributed by atoms with van der Waals surface area (Å²) >= 11 is 0. The molecule has 1 aromatic rings. The normalized spacial score (nSPS) is 13.8. The molecule has 70 valence electrons. The molecule has 2 atom stereocenters. The minimum absolute atomic E-state index is 0.551. The van der Waals surface area contributed by atoms with Gasteiger partial charge in [-0.1, -0.05) is 30.3 Å². The van der Waals surface area contributed by atoms with Gasteiger partial charge in [-0.25, -0.2) is 0 Å². The molecule has 0 fully saturated rings. The molecule has 0 heterocycles. The topological polar surface area (TPSA) is 63.3 Å². The fourth-order valence-electron chi connectivity index (χ4n) is 1.07. The van der Waals surface area contributed by atoms with Crippen molar-refractivity contribution < 1.29 is 9.46 Å². The Hall–Kier alpha value is -0.760. The van der Waals surface area contributed by atoms with Gasteiger partial charge in [0.15, 0.2) is 0 Å². The van der Waals surface area contributed by atoms with E-state index in [4.69, 9.17) is 10.6 Å². The summed E-state index contributed by atoms with van der Waals surface area (Å²) in [6.45, 7) is 0. The van der Waals surface area contributed by atoms with Gasteiger partial charge in [0.2, 0.25) is 5.78 Å². The Labute approximate surface area is 78.5 Å². The molecule has 0 saturated carbocycles. The van der Waals surface area contributed by atoms with E-state index in [-0.39, 0.29) is 0 Å². The highest BCUT2D eigenvalue weighted by atomic mass is 31.1. The van der Waals surface area contributed by atoms with Gasteiger partial charge in [0.05, 0.1) is 0 Å². The van der Waals surface area contributed by atoms with Gasteiger partial charge in [-0.3, -0.25) is 5.73 Å². The molecule has 13 heavy (non-hydrogen) atoms. The second-order valence-corrected chi connectivity index (χ2v) is 4.16. The van der Waals surface area contributed by atoms with Crippen LogP contribution in [0.3, 0.4) is 0 Å². The van der Waals surface area contributed by atoms with Crippen LogP contribution in [0.25, 0.3) is 0 Å². The average Bonchev–Trinajstić information content (AvgIpc) is 2.15. The molecule has 1 rings (SSSR count). The van der Waals surface area contributed by atoms with Crippen molar-refractivity contribution in [1.82, 2.24) is 0 Å². The Morgan fingerprint density at radius 2 is 2.00 bits per heavy atom. The summed E-state index contributed by atoms with van der Waals surface area (Å²) < 4.78 is 10.5. The molecule has 0 saturated heterocycles. The molecular formula is C9H13NO2P+. The molecular weight excluding hydrogens is 185 g/mol. The van der Waals surface area contributed by atoms with Gasteiger partial charge in [0.1, 0.15) is 0 Å². The third-order valence-corrected chi connectivity index (χ3v) is 2.68. The summed E-state index contributed by atoms with van der Waals surface area (Å²) in [6.07, 6.45) is 1.30. The van der Waals surface area contributed by atoms with Gasteiger partial charge in [0, 0.05) is 6.42 Å². The van der Waals surface area contributed by atoms with E-state index in [1.807, 2.05) is 30.3 Å². The summed E-state index contributed by atoms with van der Waals surface area (Å²) in [4.78, 5) is 8.68. The molecule has 4 heteroatoms.